The molecule has 11 heteroatoms. The molecule has 0 aliphatic heterocycles. The smallest absolute Gasteiger partial charge is 0.340 e. The first-order valence-corrected chi connectivity index (χ1v) is 11.0. The molecule has 1 aromatic heterocycles. The standard InChI is InChI=1S/C22H27N3O7S/c1-13(2)7-8-23-22(29)25-19(26)12-32-21(28)14-10-16(30-3)17(31-4)11-15(14)24-20(27)18-6-5-9-33-18/h5-6,9-11,13H,7-8,12H2,1-4H3,(H,24,27)(H2,23,25,26,29). The molecule has 0 atom stereocenters. The summed E-state index contributed by atoms with van der Waals surface area (Å²) >= 11 is 1.23. The zero-order chi connectivity index (χ0) is 24.4. The molecule has 0 spiro atoms. The highest BCUT2D eigenvalue weighted by Crippen LogP contribution is 2.34. The van der Waals surface area contributed by atoms with Gasteiger partial charge < -0.3 is 24.8 Å². The number of methoxy groups -OCH3 is 2. The Morgan fingerprint density at radius 1 is 1.06 bits per heavy atom. The van der Waals surface area contributed by atoms with Crippen molar-refractivity contribution in [2.24, 2.45) is 5.92 Å². The molecule has 33 heavy (non-hydrogen) atoms. The molecule has 2 rings (SSSR count). The van der Waals surface area contributed by atoms with E-state index in [1.54, 1.807) is 17.5 Å². The van der Waals surface area contributed by atoms with Gasteiger partial charge >= 0.3 is 12.0 Å². The largest absolute Gasteiger partial charge is 0.493 e. The summed E-state index contributed by atoms with van der Waals surface area (Å²) < 4.78 is 15.5. The van der Waals surface area contributed by atoms with Crippen molar-refractivity contribution in [3.63, 3.8) is 0 Å². The van der Waals surface area contributed by atoms with Gasteiger partial charge in [-0.3, -0.25) is 14.9 Å². The molecule has 0 saturated heterocycles. The molecule has 4 amide bonds. The summed E-state index contributed by atoms with van der Waals surface area (Å²) in [4.78, 5) is 49.3. The van der Waals surface area contributed by atoms with Crippen LogP contribution in [0.25, 0.3) is 0 Å². The quantitative estimate of drug-likeness (QED) is 0.448. The number of urea groups is 1. The number of esters is 1. The van der Waals surface area contributed by atoms with E-state index < -0.39 is 30.4 Å². The summed E-state index contributed by atoms with van der Waals surface area (Å²) in [6, 6.07) is 5.44. The lowest BCUT2D eigenvalue weighted by Crippen LogP contribution is -2.42. The van der Waals surface area contributed by atoms with E-state index in [9.17, 15) is 19.2 Å². The third-order valence-corrected chi connectivity index (χ3v) is 5.20. The van der Waals surface area contributed by atoms with Crippen molar-refractivity contribution in [1.29, 1.82) is 0 Å². The van der Waals surface area contributed by atoms with Crippen LogP contribution < -0.4 is 25.4 Å². The van der Waals surface area contributed by atoms with E-state index >= 15 is 0 Å². The molecule has 1 heterocycles. The number of ether oxygens (including phenoxy) is 3. The van der Waals surface area contributed by atoms with Gasteiger partial charge in [0.25, 0.3) is 11.8 Å². The van der Waals surface area contributed by atoms with Crippen LogP contribution in [-0.4, -0.2) is 51.2 Å². The highest BCUT2D eigenvalue weighted by molar-refractivity contribution is 7.12. The Balaban J connectivity index is 2.08. The monoisotopic (exact) mass is 477 g/mol. The van der Waals surface area contributed by atoms with Crippen molar-refractivity contribution < 1.29 is 33.4 Å². The average molecular weight is 478 g/mol. The molecule has 178 valence electrons. The van der Waals surface area contributed by atoms with Crippen molar-refractivity contribution in [3.8, 4) is 11.5 Å². The van der Waals surface area contributed by atoms with Gasteiger partial charge in [-0.2, -0.15) is 0 Å². The van der Waals surface area contributed by atoms with Crippen LogP contribution in [0.1, 0.15) is 40.3 Å². The van der Waals surface area contributed by atoms with Gasteiger partial charge in [-0.05, 0) is 23.8 Å². The number of hydrogen-bond acceptors (Lipinski definition) is 8. The predicted octanol–water partition coefficient (Wildman–Crippen LogP) is 3.05. The van der Waals surface area contributed by atoms with Crippen LogP contribution in [0, 0.1) is 5.92 Å². The van der Waals surface area contributed by atoms with E-state index in [-0.39, 0.29) is 22.7 Å². The minimum atomic E-state index is -0.896. The topological polar surface area (TPSA) is 132 Å². The third kappa shape index (κ3) is 7.79. The molecular weight excluding hydrogens is 450 g/mol. The molecule has 0 saturated carbocycles. The Kier molecular flexibility index (Phi) is 9.67. The maximum Gasteiger partial charge on any atom is 0.340 e. The van der Waals surface area contributed by atoms with Gasteiger partial charge in [0.2, 0.25) is 0 Å². The molecule has 2 aromatic rings. The van der Waals surface area contributed by atoms with Gasteiger partial charge in [0.1, 0.15) is 0 Å². The van der Waals surface area contributed by atoms with E-state index in [0.29, 0.717) is 17.3 Å². The minimum Gasteiger partial charge on any atom is -0.493 e. The number of nitrogens with one attached hydrogen (secondary N) is 3. The molecule has 3 N–H and O–H groups in total. The summed E-state index contributed by atoms with van der Waals surface area (Å²) in [7, 11) is 2.81. The maximum atomic E-state index is 12.7. The van der Waals surface area contributed by atoms with Crippen LogP contribution >= 0.6 is 11.3 Å². The van der Waals surface area contributed by atoms with Crippen molar-refractivity contribution in [3.05, 3.63) is 40.1 Å². The second-order valence-electron chi connectivity index (χ2n) is 7.25. The molecule has 10 nitrogen and oxygen atoms in total. The highest BCUT2D eigenvalue weighted by Gasteiger charge is 2.21. The first-order chi connectivity index (χ1) is 15.7. The van der Waals surface area contributed by atoms with Crippen LogP contribution in [-0.2, 0) is 9.53 Å². The second kappa shape index (κ2) is 12.4. The Bertz CT molecular complexity index is 990. The van der Waals surface area contributed by atoms with Gasteiger partial charge in [0.15, 0.2) is 18.1 Å². The fourth-order valence-corrected chi connectivity index (χ4v) is 3.25. The zero-order valence-electron chi connectivity index (χ0n) is 18.9. The average Bonchev–Trinajstić information content (AvgIpc) is 3.32. The first-order valence-electron chi connectivity index (χ1n) is 10.1. The molecular formula is C22H27N3O7S. The lowest BCUT2D eigenvalue weighted by atomic mass is 10.1. The van der Waals surface area contributed by atoms with Crippen molar-refractivity contribution >= 4 is 40.8 Å². The van der Waals surface area contributed by atoms with Gasteiger partial charge in [-0.15, -0.1) is 11.3 Å². The van der Waals surface area contributed by atoms with Crippen LogP contribution in [0.15, 0.2) is 29.6 Å². The predicted molar refractivity (Wildman–Crippen MR) is 123 cm³/mol. The Morgan fingerprint density at radius 3 is 2.36 bits per heavy atom. The molecule has 0 radical (unpaired) electrons. The number of amides is 4. The summed E-state index contributed by atoms with van der Waals surface area (Å²) in [5.41, 5.74) is 0.0645. The van der Waals surface area contributed by atoms with Gasteiger partial charge in [0, 0.05) is 18.7 Å². The van der Waals surface area contributed by atoms with Crippen LogP contribution in [0.2, 0.25) is 0 Å². The lowest BCUT2D eigenvalue weighted by Gasteiger charge is -2.15. The normalized spacial score (nSPS) is 10.3. The second-order valence-corrected chi connectivity index (χ2v) is 8.19. The third-order valence-electron chi connectivity index (χ3n) is 4.33. The SMILES string of the molecule is COc1cc(NC(=O)c2cccs2)c(C(=O)OCC(=O)NC(=O)NCCC(C)C)cc1OC. The number of rotatable bonds is 10. The van der Waals surface area contributed by atoms with Crippen molar-refractivity contribution in [2.75, 3.05) is 32.7 Å². The van der Waals surface area contributed by atoms with Crippen LogP contribution in [0.3, 0.4) is 0 Å². The Labute approximate surface area is 195 Å². The minimum absolute atomic E-state index is 0.0493. The number of carbonyl (C=O) groups excluding carboxylic acids is 4. The van der Waals surface area contributed by atoms with E-state index in [2.05, 4.69) is 16.0 Å². The molecule has 0 bridgehead atoms. The van der Waals surface area contributed by atoms with Crippen LogP contribution in [0.5, 0.6) is 11.5 Å². The first kappa shape index (κ1) is 25.7. The number of benzene rings is 1. The fourth-order valence-electron chi connectivity index (χ4n) is 2.63. The Morgan fingerprint density at radius 2 is 1.76 bits per heavy atom. The number of thiophene rings is 1. The summed E-state index contributed by atoms with van der Waals surface area (Å²) in [6.07, 6.45) is 0.760. The van der Waals surface area contributed by atoms with Crippen LogP contribution in [0.4, 0.5) is 10.5 Å². The summed E-state index contributed by atoms with van der Waals surface area (Å²) in [5, 5.41) is 9.02. The molecule has 0 aliphatic rings. The Hall–Kier alpha value is -3.60. The highest BCUT2D eigenvalue weighted by atomic mass is 32.1. The van der Waals surface area contributed by atoms with Gasteiger partial charge in [-0.25, -0.2) is 9.59 Å². The fraction of sp³-hybridized carbons (Fsp3) is 0.364. The van der Waals surface area contributed by atoms with Gasteiger partial charge in [-0.1, -0.05) is 19.9 Å². The number of imide groups is 1. The number of anilines is 1. The van der Waals surface area contributed by atoms with E-state index in [4.69, 9.17) is 14.2 Å². The number of hydrogen-bond donors (Lipinski definition) is 3. The van der Waals surface area contributed by atoms with E-state index in [1.165, 1.54) is 37.7 Å². The molecule has 1 aromatic carbocycles. The molecule has 0 unspecified atom stereocenters. The summed E-state index contributed by atoms with van der Waals surface area (Å²) in [5.74, 6) is -1.21. The summed E-state index contributed by atoms with van der Waals surface area (Å²) in [6.45, 7) is 3.74. The number of carbonyl (C=O) groups is 4. The lowest BCUT2D eigenvalue weighted by molar-refractivity contribution is -0.123. The zero-order valence-corrected chi connectivity index (χ0v) is 19.7. The van der Waals surface area contributed by atoms with E-state index in [0.717, 1.165) is 6.42 Å². The maximum absolute atomic E-state index is 12.7. The van der Waals surface area contributed by atoms with Crippen molar-refractivity contribution in [1.82, 2.24) is 10.6 Å². The molecule has 0 aliphatic carbocycles. The van der Waals surface area contributed by atoms with Crippen molar-refractivity contribution in [2.45, 2.75) is 20.3 Å². The molecule has 0 fully saturated rings. The van der Waals surface area contributed by atoms with Gasteiger partial charge in [0.05, 0.1) is 30.3 Å². The van der Waals surface area contributed by atoms with E-state index in [1.807, 2.05) is 13.8 Å².